The monoisotopic (exact) mass is 213 g/mol. The second-order valence-corrected chi connectivity index (χ2v) is 4.39. The molecule has 0 amide bonds. The van der Waals surface area contributed by atoms with Gasteiger partial charge in [0, 0.05) is 11.3 Å². The van der Waals surface area contributed by atoms with Gasteiger partial charge in [-0.1, -0.05) is 0 Å². The number of aliphatic hydroxyl groups excluding tert-OH is 1. The van der Waals surface area contributed by atoms with Crippen LogP contribution in [0.5, 0.6) is 0 Å². The van der Waals surface area contributed by atoms with Crippen molar-refractivity contribution in [1.82, 2.24) is 4.98 Å². The zero-order valence-corrected chi connectivity index (χ0v) is 8.33. The number of carbonyl (C=O) groups is 1. The predicted octanol–water partition coefficient (Wildman–Crippen LogP) is 1.53. The molecular weight excluding hydrogens is 202 g/mol. The van der Waals surface area contributed by atoms with Crippen LogP contribution in [-0.4, -0.2) is 21.2 Å². The number of thiazole rings is 1. The molecule has 2 rings (SSSR count). The molecule has 0 unspecified atom stereocenters. The van der Waals surface area contributed by atoms with Gasteiger partial charge in [0.1, 0.15) is 6.10 Å². The summed E-state index contributed by atoms with van der Waals surface area (Å²) in [7, 11) is 0. The molecule has 76 valence electrons. The van der Waals surface area contributed by atoms with Crippen LogP contribution in [0.2, 0.25) is 0 Å². The first-order valence-electron chi connectivity index (χ1n) is 4.52. The maximum Gasteiger partial charge on any atom is 0.306 e. The molecule has 0 saturated heterocycles. The van der Waals surface area contributed by atoms with Gasteiger partial charge in [0.05, 0.1) is 17.1 Å². The quantitative estimate of drug-likeness (QED) is 0.795. The minimum Gasteiger partial charge on any atom is -0.481 e. The summed E-state index contributed by atoms with van der Waals surface area (Å²) in [5.74, 6) is -0.441. The first-order valence-corrected chi connectivity index (χ1v) is 5.40. The number of carboxylic acid groups (broad SMARTS) is 1. The van der Waals surface area contributed by atoms with Crippen LogP contribution in [0.3, 0.4) is 0 Å². The Morgan fingerprint density at radius 3 is 3.00 bits per heavy atom. The van der Waals surface area contributed by atoms with Crippen molar-refractivity contribution in [2.45, 2.75) is 31.3 Å². The molecule has 0 bridgehead atoms. The van der Waals surface area contributed by atoms with E-state index in [-0.39, 0.29) is 6.42 Å². The van der Waals surface area contributed by atoms with Gasteiger partial charge >= 0.3 is 5.97 Å². The number of aromatic nitrogens is 1. The van der Waals surface area contributed by atoms with Gasteiger partial charge < -0.3 is 10.2 Å². The molecule has 1 aromatic rings. The van der Waals surface area contributed by atoms with Crippen molar-refractivity contribution in [3.63, 3.8) is 0 Å². The van der Waals surface area contributed by atoms with Crippen LogP contribution in [-0.2, 0) is 4.79 Å². The fourth-order valence-corrected chi connectivity index (χ4v) is 2.28. The molecule has 1 heterocycles. The number of aliphatic carboxylic acids is 1. The Morgan fingerprint density at radius 2 is 2.43 bits per heavy atom. The highest BCUT2D eigenvalue weighted by Gasteiger charge is 2.27. The Bertz CT molecular complexity index is 346. The van der Waals surface area contributed by atoms with Gasteiger partial charge in [0.25, 0.3) is 0 Å². The van der Waals surface area contributed by atoms with Crippen molar-refractivity contribution in [1.29, 1.82) is 0 Å². The summed E-state index contributed by atoms with van der Waals surface area (Å²) in [5, 5.41) is 20.7. The van der Waals surface area contributed by atoms with Crippen LogP contribution < -0.4 is 0 Å². The van der Waals surface area contributed by atoms with Gasteiger partial charge in [-0.2, -0.15) is 0 Å². The topological polar surface area (TPSA) is 70.4 Å². The number of nitrogens with zero attached hydrogens (tertiary/aromatic N) is 1. The van der Waals surface area contributed by atoms with E-state index in [1.54, 1.807) is 5.38 Å². The van der Waals surface area contributed by atoms with Crippen LogP contribution in [0, 0.1) is 0 Å². The molecule has 0 radical (unpaired) electrons. The van der Waals surface area contributed by atoms with Gasteiger partial charge in [-0.3, -0.25) is 4.79 Å². The van der Waals surface area contributed by atoms with E-state index < -0.39 is 12.1 Å². The Kier molecular flexibility index (Phi) is 2.52. The van der Waals surface area contributed by atoms with Crippen LogP contribution in [0.15, 0.2) is 5.38 Å². The lowest BCUT2D eigenvalue weighted by Crippen LogP contribution is -2.05. The number of carboxylic acids is 1. The molecule has 1 atom stereocenters. The molecule has 0 aliphatic heterocycles. The lowest BCUT2D eigenvalue weighted by molar-refractivity contribution is -0.139. The molecule has 0 aromatic carbocycles. The Balaban J connectivity index is 2.03. The van der Waals surface area contributed by atoms with E-state index in [0.717, 1.165) is 5.01 Å². The summed E-state index contributed by atoms with van der Waals surface area (Å²) in [6.07, 6.45) is 1.11. The molecule has 1 aliphatic carbocycles. The van der Waals surface area contributed by atoms with E-state index in [1.807, 2.05) is 0 Å². The number of aliphatic hydroxyl groups is 1. The van der Waals surface area contributed by atoms with E-state index in [2.05, 4.69) is 4.98 Å². The third-order valence-corrected chi connectivity index (χ3v) is 3.20. The summed E-state index contributed by atoms with van der Waals surface area (Å²) < 4.78 is 0. The number of hydrogen-bond donors (Lipinski definition) is 2. The second kappa shape index (κ2) is 3.67. The van der Waals surface area contributed by atoms with E-state index in [4.69, 9.17) is 5.11 Å². The average molecular weight is 213 g/mol. The maximum absolute atomic E-state index is 10.4. The molecule has 2 N–H and O–H groups in total. The van der Waals surface area contributed by atoms with Crippen LogP contribution in [0.25, 0.3) is 0 Å². The zero-order valence-electron chi connectivity index (χ0n) is 7.51. The molecule has 1 saturated carbocycles. The lowest BCUT2D eigenvalue weighted by atomic mass is 10.2. The third-order valence-electron chi connectivity index (χ3n) is 2.18. The van der Waals surface area contributed by atoms with Gasteiger partial charge in [0.15, 0.2) is 0 Å². The highest BCUT2D eigenvalue weighted by atomic mass is 32.1. The third kappa shape index (κ3) is 2.10. The predicted molar refractivity (Wildman–Crippen MR) is 51.3 cm³/mol. The summed E-state index contributed by atoms with van der Waals surface area (Å²) in [4.78, 5) is 14.6. The smallest absolute Gasteiger partial charge is 0.306 e. The Morgan fingerprint density at radius 1 is 1.71 bits per heavy atom. The molecule has 1 fully saturated rings. The fourth-order valence-electron chi connectivity index (χ4n) is 1.24. The number of rotatable bonds is 4. The molecule has 5 heteroatoms. The Labute approximate surface area is 85.2 Å². The van der Waals surface area contributed by atoms with E-state index in [9.17, 15) is 9.90 Å². The first kappa shape index (κ1) is 9.61. The zero-order chi connectivity index (χ0) is 10.1. The molecule has 14 heavy (non-hydrogen) atoms. The first-order chi connectivity index (χ1) is 6.66. The largest absolute Gasteiger partial charge is 0.481 e. The van der Waals surface area contributed by atoms with E-state index >= 15 is 0 Å². The average Bonchev–Trinajstić information content (AvgIpc) is 2.82. The summed E-state index contributed by atoms with van der Waals surface area (Å²) in [6, 6.07) is 0. The van der Waals surface area contributed by atoms with Crippen molar-refractivity contribution < 1.29 is 15.0 Å². The summed E-state index contributed by atoms with van der Waals surface area (Å²) in [6.45, 7) is 0. The van der Waals surface area contributed by atoms with Crippen LogP contribution >= 0.6 is 11.3 Å². The van der Waals surface area contributed by atoms with Crippen LogP contribution in [0.4, 0.5) is 0 Å². The molecular formula is C9H11NO3S. The summed E-state index contributed by atoms with van der Waals surface area (Å²) >= 11 is 1.51. The second-order valence-electron chi connectivity index (χ2n) is 3.50. The molecule has 1 aromatic heterocycles. The van der Waals surface area contributed by atoms with Crippen LogP contribution in [0.1, 0.15) is 42.0 Å². The lowest BCUT2D eigenvalue weighted by Gasteiger charge is -2.02. The number of hydrogen-bond acceptors (Lipinski definition) is 4. The normalized spacial score (nSPS) is 18.1. The maximum atomic E-state index is 10.4. The molecule has 1 aliphatic rings. The fraction of sp³-hybridized carbons (Fsp3) is 0.556. The van der Waals surface area contributed by atoms with E-state index in [0.29, 0.717) is 11.6 Å². The van der Waals surface area contributed by atoms with Crippen molar-refractivity contribution >= 4 is 17.3 Å². The van der Waals surface area contributed by atoms with Crippen molar-refractivity contribution in [3.05, 3.63) is 16.1 Å². The summed E-state index contributed by atoms with van der Waals surface area (Å²) in [5.41, 5.74) is 0.499. The molecule has 4 nitrogen and oxygen atoms in total. The SMILES string of the molecule is O=C(O)C[C@H](O)c1csc(C2CC2)n1. The van der Waals surface area contributed by atoms with E-state index in [1.165, 1.54) is 24.2 Å². The van der Waals surface area contributed by atoms with Gasteiger partial charge in [-0.25, -0.2) is 4.98 Å². The Hall–Kier alpha value is -0.940. The van der Waals surface area contributed by atoms with Crippen molar-refractivity contribution in [3.8, 4) is 0 Å². The minimum absolute atomic E-state index is 0.270. The van der Waals surface area contributed by atoms with Gasteiger partial charge in [-0.15, -0.1) is 11.3 Å². The highest BCUT2D eigenvalue weighted by Crippen LogP contribution is 2.41. The standard InChI is InChI=1S/C9H11NO3S/c11-7(3-8(12)13)6-4-14-9(10-6)5-1-2-5/h4-5,7,11H,1-3H2,(H,12,13)/t7-/m0/s1. The van der Waals surface area contributed by atoms with Gasteiger partial charge in [-0.05, 0) is 12.8 Å². The minimum atomic E-state index is -1.00. The molecule has 0 spiro atoms. The van der Waals surface area contributed by atoms with Crippen molar-refractivity contribution in [2.24, 2.45) is 0 Å². The van der Waals surface area contributed by atoms with Crippen molar-refractivity contribution in [2.75, 3.05) is 0 Å². The van der Waals surface area contributed by atoms with Gasteiger partial charge in [0.2, 0.25) is 0 Å². The highest BCUT2D eigenvalue weighted by molar-refractivity contribution is 7.09.